The maximum absolute atomic E-state index is 13.1. The van der Waals surface area contributed by atoms with E-state index in [1.165, 1.54) is 25.9 Å². The average molecular weight is 396 g/mol. The van der Waals surface area contributed by atoms with Crippen LogP contribution in [-0.2, 0) is 14.8 Å². The summed E-state index contributed by atoms with van der Waals surface area (Å²) in [5.74, 6) is 0.653. The fraction of sp³-hybridized carbons (Fsp3) is 0.684. The van der Waals surface area contributed by atoms with Crippen LogP contribution in [0.3, 0.4) is 0 Å². The third-order valence-corrected chi connectivity index (χ3v) is 7.83. The summed E-state index contributed by atoms with van der Waals surface area (Å²) in [6.45, 7) is 6.92. The number of nitrogens with zero attached hydrogens (tertiary/aromatic N) is 3. The van der Waals surface area contributed by atoms with Crippen molar-refractivity contribution in [2.75, 3.05) is 59.5 Å². The molecular weight excluding hydrogens is 366 g/mol. The largest absolute Gasteiger partial charge is 0.497 e. The third kappa shape index (κ3) is 4.00. The zero-order valence-corrected chi connectivity index (χ0v) is 16.7. The summed E-state index contributed by atoms with van der Waals surface area (Å²) in [5, 5.41) is 0. The van der Waals surface area contributed by atoms with Gasteiger partial charge in [0.25, 0.3) is 0 Å². The highest BCUT2D eigenvalue weighted by atomic mass is 32.2. The summed E-state index contributed by atoms with van der Waals surface area (Å²) in [7, 11) is -1.94. The second kappa shape index (κ2) is 8.05. The van der Waals surface area contributed by atoms with Crippen molar-refractivity contribution in [3.8, 4) is 5.75 Å². The first kappa shape index (κ1) is 19.1. The molecule has 27 heavy (non-hydrogen) atoms. The molecule has 3 aliphatic rings. The first-order valence-electron chi connectivity index (χ1n) is 9.80. The highest BCUT2D eigenvalue weighted by molar-refractivity contribution is 7.89. The number of fused-ring (bicyclic) bond motifs is 1. The highest BCUT2D eigenvalue weighted by Crippen LogP contribution is 2.28. The first-order valence-corrected chi connectivity index (χ1v) is 11.2. The molecular formula is C19H29N3O4S. The zero-order chi connectivity index (χ0) is 18.9. The third-order valence-electron chi connectivity index (χ3n) is 5.98. The lowest BCUT2D eigenvalue weighted by atomic mass is 10.1. The van der Waals surface area contributed by atoms with E-state index in [4.69, 9.17) is 9.47 Å². The molecule has 0 aromatic heterocycles. The monoisotopic (exact) mass is 395 g/mol. The number of morpholine rings is 1. The lowest BCUT2D eigenvalue weighted by molar-refractivity contribution is -0.0485. The molecule has 0 unspecified atom stereocenters. The highest BCUT2D eigenvalue weighted by Gasteiger charge is 2.44. The Morgan fingerprint density at radius 3 is 2.52 bits per heavy atom. The molecule has 0 radical (unpaired) electrons. The Balaban J connectivity index is 1.43. The first-order chi connectivity index (χ1) is 13.1. The number of hydrogen-bond donors (Lipinski definition) is 0. The Morgan fingerprint density at radius 2 is 1.81 bits per heavy atom. The number of sulfonamides is 1. The van der Waals surface area contributed by atoms with Gasteiger partial charge in [-0.25, -0.2) is 8.42 Å². The molecule has 0 bridgehead atoms. The van der Waals surface area contributed by atoms with Gasteiger partial charge >= 0.3 is 0 Å². The molecule has 8 heteroatoms. The van der Waals surface area contributed by atoms with Crippen molar-refractivity contribution in [1.82, 2.24) is 14.1 Å². The molecule has 0 spiro atoms. The Bertz CT molecular complexity index is 734. The second-order valence-corrected chi connectivity index (χ2v) is 9.50. The quantitative estimate of drug-likeness (QED) is 0.712. The molecule has 7 nitrogen and oxygen atoms in total. The molecule has 3 saturated heterocycles. The molecule has 3 aliphatic heterocycles. The molecule has 4 rings (SSSR count). The van der Waals surface area contributed by atoms with Gasteiger partial charge in [0, 0.05) is 32.7 Å². The van der Waals surface area contributed by atoms with Crippen molar-refractivity contribution >= 4 is 10.0 Å². The summed E-state index contributed by atoms with van der Waals surface area (Å²) in [6, 6.07) is 6.75. The van der Waals surface area contributed by atoms with E-state index in [-0.39, 0.29) is 12.1 Å². The maximum atomic E-state index is 13.1. The minimum absolute atomic E-state index is 0.0367. The van der Waals surface area contributed by atoms with Crippen LogP contribution in [0.4, 0.5) is 0 Å². The van der Waals surface area contributed by atoms with Gasteiger partial charge in [0.15, 0.2) is 0 Å². The Morgan fingerprint density at radius 1 is 1.07 bits per heavy atom. The fourth-order valence-corrected chi connectivity index (χ4v) is 5.84. The van der Waals surface area contributed by atoms with Crippen molar-refractivity contribution in [2.24, 2.45) is 0 Å². The predicted octanol–water partition coefficient (Wildman–Crippen LogP) is 0.865. The fourth-order valence-electron chi connectivity index (χ4n) is 4.37. The van der Waals surface area contributed by atoms with E-state index in [0.29, 0.717) is 30.3 Å². The number of ether oxygens (including phenoxy) is 2. The van der Waals surface area contributed by atoms with Crippen molar-refractivity contribution in [2.45, 2.75) is 29.9 Å². The number of likely N-dealkylation sites (tertiary alicyclic amines) is 1. The van der Waals surface area contributed by atoms with E-state index in [9.17, 15) is 8.42 Å². The van der Waals surface area contributed by atoms with Gasteiger partial charge in [-0.2, -0.15) is 4.31 Å². The number of hydrogen-bond acceptors (Lipinski definition) is 6. The van der Waals surface area contributed by atoms with Crippen molar-refractivity contribution in [3.05, 3.63) is 24.3 Å². The Hall–Kier alpha value is -1.19. The van der Waals surface area contributed by atoms with E-state index in [1.807, 2.05) is 0 Å². The minimum Gasteiger partial charge on any atom is -0.497 e. The van der Waals surface area contributed by atoms with Crippen molar-refractivity contribution in [1.29, 1.82) is 0 Å². The maximum Gasteiger partial charge on any atom is 0.243 e. The van der Waals surface area contributed by atoms with E-state index in [0.717, 1.165) is 19.6 Å². The van der Waals surface area contributed by atoms with Crippen LogP contribution in [0.25, 0.3) is 0 Å². The van der Waals surface area contributed by atoms with Crippen LogP contribution in [-0.4, -0.2) is 94.2 Å². The predicted molar refractivity (Wildman–Crippen MR) is 103 cm³/mol. The molecule has 1 aromatic rings. The standard InChI is InChI=1S/C19H29N3O4S/c1-25-16-4-6-17(7-5-16)27(23,24)22-14-18-19(15-22)26-13-12-21(18)11-10-20-8-2-3-9-20/h4-7,18-19H,2-3,8-15H2,1H3/t18-,19+/m1/s1. The summed E-state index contributed by atoms with van der Waals surface area (Å²) in [4.78, 5) is 5.24. The number of rotatable bonds is 6. The van der Waals surface area contributed by atoms with Gasteiger partial charge in [0.2, 0.25) is 10.0 Å². The normalized spacial score (nSPS) is 27.7. The minimum atomic E-state index is -3.52. The molecule has 0 N–H and O–H groups in total. The van der Waals surface area contributed by atoms with Crippen LogP contribution in [0.15, 0.2) is 29.2 Å². The smallest absolute Gasteiger partial charge is 0.243 e. The van der Waals surface area contributed by atoms with Gasteiger partial charge in [0.05, 0.1) is 30.8 Å². The second-order valence-electron chi connectivity index (χ2n) is 7.56. The molecule has 0 amide bonds. The van der Waals surface area contributed by atoms with Crippen molar-refractivity contribution < 1.29 is 17.9 Å². The van der Waals surface area contributed by atoms with Crippen molar-refractivity contribution in [3.63, 3.8) is 0 Å². The summed E-state index contributed by atoms with van der Waals surface area (Å²) in [6.07, 6.45) is 2.55. The van der Waals surface area contributed by atoms with Gasteiger partial charge in [-0.15, -0.1) is 0 Å². The topological polar surface area (TPSA) is 62.3 Å². The summed E-state index contributed by atoms with van der Waals surface area (Å²) >= 11 is 0. The van der Waals surface area contributed by atoms with Gasteiger partial charge < -0.3 is 14.4 Å². The molecule has 1 aromatic carbocycles. The molecule has 150 valence electrons. The van der Waals surface area contributed by atoms with Gasteiger partial charge in [-0.05, 0) is 50.2 Å². The molecule has 0 aliphatic carbocycles. The van der Waals surface area contributed by atoms with Crippen LogP contribution >= 0.6 is 0 Å². The van der Waals surface area contributed by atoms with E-state index in [2.05, 4.69) is 9.80 Å². The molecule has 0 saturated carbocycles. The van der Waals surface area contributed by atoms with Crippen LogP contribution in [0.2, 0.25) is 0 Å². The SMILES string of the molecule is COc1ccc(S(=O)(=O)N2C[C@@H]3OCCN(CCN4CCCC4)[C@@H]3C2)cc1. The number of benzene rings is 1. The van der Waals surface area contributed by atoms with Gasteiger partial charge in [-0.1, -0.05) is 0 Å². The average Bonchev–Trinajstić information content (AvgIpc) is 3.36. The molecule has 3 heterocycles. The molecule has 3 fully saturated rings. The Labute approximate surface area is 161 Å². The van der Waals surface area contributed by atoms with Crippen LogP contribution in [0.5, 0.6) is 5.75 Å². The van der Waals surface area contributed by atoms with E-state index >= 15 is 0 Å². The lowest BCUT2D eigenvalue weighted by Crippen LogP contribution is -2.52. The van der Waals surface area contributed by atoms with Gasteiger partial charge in [0.1, 0.15) is 5.75 Å². The summed E-state index contributed by atoms with van der Waals surface area (Å²) < 4.78 is 38.7. The number of methoxy groups -OCH3 is 1. The lowest BCUT2D eigenvalue weighted by Gasteiger charge is -2.37. The van der Waals surface area contributed by atoms with Gasteiger partial charge in [-0.3, -0.25) is 4.90 Å². The molecule has 2 atom stereocenters. The van der Waals surface area contributed by atoms with Crippen LogP contribution < -0.4 is 4.74 Å². The van der Waals surface area contributed by atoms with E-state index in [1.54, 1.807) is 35.7 Å². The Kier molecular flexibility index (Phi) is 5.70. The summed E-state index contributed by atoms with van der Waals surface area (Å²) in [5.41, 5.74) is 0. The van der Waals surface area contributed by atoms with E-state index < -0.39 is 10.0 Å². The van der Waals surface area contributed by atoms with Crippen LogP contribution in [0.1, 0.15) is 12.8 Å². The zero-order valence-electron chi connectivity index (χ0n) is 15.9. The van der Waals surface area contributed by atoms with Crippen LogP contribution in [0, 0.1) is 0 Å².